The van der Waals surface area contributed by atoms with E-state index >= 15 is 0 Å². The van der Waals surface area contributed by atoms with E-state index in [9.17, 15) is 4.79 Å². The summed E-state index contributed by atoms with van der Waals surface area (Å²) in [6, 6.07) is 6.78. The maximum absolute atomic E-state index is 13.1. The molecule has 1 saturated heterocycles. The molecule has 1 saturated carbocycles. The Morgan fingerprint density at radius 3 is 2.80 bits per heavy atom. The number of nitrogens with zero attached hydrogens (tertiary/aromatic N) is 4. The predicted molar refractivity (Wildman–Crippen MR) is 115 cm³/mol. The molecule has 2 aliphatic heterocycles. The van der Waals surface area contributed by atoms with Crippen LogP contribution in [0.1, 0.15) is 64.3 Å². The maximum atomic E-state index is 13.1. The first-order valence-electron chi connectivity index (χ1n) is 11.1. The van der Waals surface area contributed by atoms with E-state index in [0.29, 0.717) is 17.4 Å². The minimum atomic E-state index is 0.0233. The lowest BCUT2D eigenvalue weighted by Gasteiger charge is -2.45. The van der Waals surface area contributed by atoms with Crippen molar-refractivity contribution in [1.29, 1.82) is 0 Å². The molecule has 154 valence electrons. The van der Waals surface area contributed by atoms with Gasteiger partial charge in [0.25, 0.3) is 5.91 Å². The first kappa shape index (κ1) is 18.1. The zero-order valence-corrected chi connectivity index (χ0v) is 17.4. The Labute approximate surface area is 176 Å². The van der Waals surface area contributed by atoms with E-state index in [4.69, 9.17) is 0 Å². The molecule has 1 spiro atoms. The van der Waals surface area contributed by atoms with Gasteiger partial charge in [-0.3, -0.25) is 9.20 Å². The van der Waals surface area contributed by atoms with Crippen LogP contribution in [0.2, 0.25) is 0 Å². The van der Waals surface area contributed by atoms with E-state index in [1.807, 2.05) is 21.7 Å². The zero-order chi connectivity index (χ0) is 20.3. The molecule has 30 heavy (non-hydrogen) atoms. The van der Waals surface area contributed by atoms with Crippen molar-refractivity contribution >= 4 is 11.7 Å². The van der Waals surface area contributed by atoms with E-state index in [1.165, 1.54) is 35.1 Å². The number of piperidine rings is 1. The minimum absolute atomic E-state index is 0.0233. The van der Waals surface area contributed by atoms with Crippen LogP contribution in [0.15, 0.2) is 36.8 Å². The van der Waals surface area contributed by atoms with Gasteiger partial charge in [0.1, 0.15) is 5.69 Å². The fourth-order valence-corrected chi connectivity index (χ4v) is 5.09. The van der Waals surface area contributed by atoms with Gasteiger partial charge in [-0.1, -0.05) is 23.8 Å². The lowest BCUT2D eigenvalue weighted by Crippen LogP contribution is -2.57. The predicted octanol–water partition coefficient (Wildman–Crippen LogP) is 3.24. The van der Waals surface area contributed by atoms with Crippen LogP contribution in [0.5, 0.6) is 0 Å². The minimum Gasteiger partial charge on any atom is -0.337 e. The number of aryl methyl sites for hydroxylation is 1. The Morgan fingerprint density at radius 2 is 2.00 bits per heavy atom. The number of amides is 1. The Hall–Kier alpha value is -2.73. The number of benzene rings is 1. The van der Waals surface area contributed by atoms with Crippen LogP contribution in [0.3, 0.4) is 0 Å². The number of carbonyl (C=O) groups is 1. The quantitative estimate of drug-likeness (QED) is 0.716. The molecular formula is C24H27N5O. The number of carbonyl (C=O) groups excluding carboxylic acids is 1. The van der Waals surface area contributed by atoms with Crippen LogP contribution in [-0.4, -0.2) is 43.8 Å². The molecule has 1 aliphatic carbocycles. The van der Waals surface area contributed by atoms with Gasteiger partial charge in [0.2, 0.25) is 5.78 Å². The summed E-state index contributed by atoms with van der Waals surface area (Å²) in [5.74, 6) is 1.27. The van der Waals surface area contributed by atoms with Gasteiger partial charge in [0.15, 0.2) is 0 Å². The van der Waals surface area contributed by atoms with Crippen molar-refractivity contribution in [2.45, 2.75) is 57.0 Å². The summed E-state index contributed by atoms with van der Waals surface area (Å²) >= 11 is 0. The van der Waals surface area contributed by atoms with Crippen molar-refractivity contribution in [3.63, 3.8) is 0 Å². The Bertz CT molecular complexity index is 1140. The van der Waals surface area contributed by atoms with Gasteiger partial charge in [0.05, 0.1) is 0 Å². The number of hydrogen-bond donors (Lipinski definition) is 1. The van der Waals surface area contributed by atoms with E-state index in [0.717, 1.165) is 38.9 Å². The summed E-state index contributed by atoms with van der Waals surface area (Å²) < 4.78 is 1.91. The third kappa shape index (κ3) is 3.10. The highest BCUT2D eigenvalue weighted by Gasteiger charge is 2.38. The average Bonchev–Trinajstić information content (AvgIpc) is 3.52. The lowest BCUT2D eigenvalue weighted by atomic mass is 9.77. The van der Waals surface area contributed by atoms with Crippen molar-refractivity contribution in [2.24, 2.45) is 0 Å². The summed E-state index contributed by atoms with van der Waals surface area (Å²) in [5, 5.41) is 3.79. The fourth-order valence-electron chi connectivity index (χ4n) is 5.09. The second-order valence-corrected chi connectivity index (χ2v) is 9.37. The molecule has 0 atom stereocenters. The van der Waals surface area contributed by atoms with E-state index < -0.39 is 0 Å². The first-order chi connectivity index (χ1) is 14.6. The van der Waals surface area contributed by atoms with Crippen molar-refractivity contribution in [1.82, 2.24) is 24.6 Å². The van der Waals surface area contributed by atoms with Crippen LogP contribution in [0.4, 0.5) is 0 Å². The van der Waals surface area contributed by atoms with E-state index in [-0.39, 0.29) is 11.4 Å². The summed E-state index contributed by atoms with van der Waals surface area (Å²) in [6.07, 6.45) is 11.3. The topological polar surface area (TPSA) is 62.5 Å². The molecule has 6 rings (SSSR count). The Balaban J connectivity index is 1.16. The van der Waals surface area contributed by atoms with Gasteiger partial charge in [-0.25, -0.2) is 9.97 Å². The van der Waals surface area contributed by atoms with Crippen LogP contribution in [-0.2, 0) is 13.0 Å². The smallest absolute Gasteiger partial charge is 0.274 e. The zero-order valence-electron chi connectivity index (χ0n) is 17.4. The number of aromatic nitrogens is 3. The van der Waals surface area contributed by atoms with E-state index in [2.05, 4.69) is 46.6 Å². The van der Waals surface area contributed by atoms with Crippen LogP contribution in [0.25, 0.3) is 5.78 Å². The molecule has 6 nitrogen and oxygen atoms in total. The molecular weight excluding hydrogens is 374 g/mol. The van der Waals surface area contributed by atoms with Crippen LogP contribution in [0, 0.1) is 6.92 Å². The van der Waals surface area contributed by atoms with Crippen molar-refractivity contribution < 1.29 is 4.79 Å². The average molecular weight is 402 g/mol. The van der Waals surface area contributed by atoms with Crippen molar-refractivity contribution in [3.8, 4) is 0 Å². The third-order valence-electron chi connectivity index (χ3n) is 7.15. The van der Waals surface area contributed by atoms with Crippen LogP contribution >= 0.6 is 0 Å². The summed E-state index contributed by atoms with van der Waals surface area (Å²) in [5.41, 5.74) is 6.05. The van der Waals surface area contributed by atoms with Gasteiger partial charge < -0.3 is 10.2 Å². The molecule has 1 amide bonds. The highest BCUT2D eigenvalue weighted by atomic mass is 16.2. The number of rotatable bonds is 2. The molecule has 2 fully saturated rings. The van der Waals surface area contributed by atoms with Gasteiger partial charge in [-0.2, -0.15) is 0 Å². The molecule has 1 aromatic carbocycles. The standard InChI is InChI=1S/C24H27N5O/c1-16-2-3-18-11-24(26-13-19(18)10-16)6-8-28(9-7-24)22(30)21-15-29-14-20(17-4-5-17)12-25-23(29)27-21/h2-3,10,12,14-15,17,26H,4-9,11,13H2,1H3. The Morgan fingerprint density at radius 1 is 1.17 bits per heavy atom. The fraction of sp³-hybridized carbons (Fsp3) is 0.458. The molecule has 3 aliphatic rings. The molecule has 3 aromatic rings. The number of imidazole rings is 1. The van der Waals surface area contributed by atoms with Gasteiger partial charge in [-0.05, 0) is 61.6 Å². The number of likely N-dealkylation sites (tertiary alicyclic amines) is 1. The van der Waals surface area contributed by atoms with Crippen molar-refractivity contribution in [2.75, 3.05) is 13.1 Å². The number of fused-ring (bicyclic) bond motifs is 2. The highest BCUT2D eigenvalue weighted by molar-refractivity contribution is 5.92. The van der Waals surface area contributed by atoms with Crippen LogP contribution < -0.4 is 5.32 Å². The molecule has 0 bridgehead atoms. The Kier molecular flexibility index (Phi) is 4.00. The number of hydrogen-bond acceptors (Lipinski definition) is 4. The summed E-state index contributed by atoms with van der Waals surface area (Å²) in [7, 11) is 0. The normalized spacial score (nSPS) is 20.5. The molecule has 2 aromatic heterocycles. The lowest BCUT2D eigenvalue weighted by molar-refractivity contribution is 0.0626. The van der Waals surface area contributed by atoms with Gasteiger partial charge >= 0.3 is 0 Å². The molecule has 0 radical (unpaired) electrons. The molecule has 6 heteroatoms. The number of nitrogens with one attached hydrogen (secondary N) is 1. The second-order valence-electron chi connectivity index (χ2n) is 9.37. The largest absolute Gasteiger partial charge is 0.337 e. The maximum Gasteiger partial charge on any atom is 0.274 e. The first-order valence-corrected chi connectivity index (χ1v) is 11.1. The van der Waals surface area contributed by atoms with Gasteiger partial charge in [-0.15, -0.1) is 0 Å². The molecule has 4 heterocycles. The molecule has 1 N–H and O–H groups in total. The molecule has 0 unspecified atom stereocenters. The third-order valence-corrected chi connectivity index (χ3v) is 7.15. The van der Waals surface area contributed by atoms with E-state index in [1.54, 1.807) is 0 Å². The summed E-state index contributed by atoms with van der Waals surface area (Å²) in [4.78, 5) is 24.0. The highest BCUT2D eigenvalue weighted by Crippen LogP contribution is 2.39. The SMILES string of the molecule is Cc1ccc2c(c1)CNC1(CCN(C(=O)c3cn4cc(C5CC5)cnc4n3)CC1)C2. The monoisotopic (exact) mass is 401 g/mol. The van der Waals surface area contributed by atoms with Crippen molar-refractivity contribution in [3.05, 3.63) is 64.7 Å². The summed E-state index contributed by atoms with van der Waals surface area (Å²) in [6.45, 7) is 4.60. The van der Waals surface area contributed by atoms with Gasteiger partial charge in [0, 0.05) is 43.8 Å². The second kappa shape index (κ2) is 6.64.